The van der Waals surface area contributed by atoms with Crippen molar-refractivity contribution in [3.05, 3.63) is 0 Å². The molecule has 1 saturated heterocycles. The van der Waals surface area contributed by atoms with E-state index in [1.807, 2.05) is 0 Å². The molecule has 2 fully saturated rings. The van der Waals surface area contributed by atoms with E-state index in [0.29, 0.717) is 19.6 Å². The molecule has 0 amide bonds. The Balaban J connectivity index is 2.17. The largest absolute Gasteiger partial charge is 0.391 e. The Morgan fingerprint density at radius 2 is 2.05 bits per heavy atom. The number of nitrogens with zero attached hydrogens (tertiary/aromatic N) is 1. The van der Waals surface area contributed by atoms with Crippen LogP contribution in [0.1, 0.15) is 40.0 Å². The summed E-state index contributed by atoms with van der Waals surface area (Å²) in [5.74, 6) is 0.100. The minimum Gasteiger partial charge on any atom is -0.391 e. The molecule has 0 unspecified atom stereocenters. The summed E-state index contributed by atoms with van der Waals surface area (Å²) >= 11 is 0. The van der Waals surface area contributed by atoms with Crippen molar-refractivity contribution in [3.8, 4) is 0 Å². The molecule has 0 aromatic rings. The summed E-state index contributed by atoms with van der Waals surface area (Å²) in [5, 5.41) is 21.8. The molecular weight excluding hydrogens is 270 g/mol. The summed E-state index contributed by atoms with van der Waals surface area (Å²) < 4.78 is 11.1. The van der Waals surface area contributed by atoms with Crippen LogP contribution >= 0.6 is 0 Å². The molecule has 0 aromatic carbocycles. The van der Waals surface area contributed by atoms with E-state index in [1.54, 1.807) is 7.11 Å². The molecule has 1 aliphatic heterocycles. The third-order valence-corrected chi connectivity index (χ3v) is 5.03. The zero-order chi connectivity index (χ0) is 15.7. The van der Waals surface area contributed by atoms with Gasteiger partial charge in [-0.05, 0) is 45.6 Å². The highest BCUT2D eigenvalue weighted by molar-refractivity contribution is 5.11. The van der Waals surface area contributed by atoms with Gasteiger partial charge < -0.3 is 19.7 Å². The second kappa shape index (κ2) is 6.50. The van der Waals surface area contributed by atoms with Gasteiger partial charge in [0.15, 0.2) is 0 Å². The summed E-state index contributed by atoms with van der Waals surface area (Å²) in [6.07, 6.45) is 1.93. The Bertz CT molecular complexity index is 349. The molecule has 0 bridgehead atoms. The summed E-state index contributed by atoms with van der Waals surface area (Å²) in [5.41, 5.74) is -1.16. The van der Waals surface area contributed by atoms with Crippen molar-refractivity contribution in [2.45, 2.75) is 63.4 Å². The highest BCUT2D eigenvalue weighted by Crippen LogP contribution is 2.47. The number of hydrogen-bond donors (Lipinski definition) is 2. The van der Waals surface area contributed by atoms with E-state index < -0.39 is 11.7 Å². The molecule has 1 heterocycles. The lowest BCUT2D eigenvalue weighted by Crippen LogP contribution is -2.62. The number of methoxy groups -OCH3 is 1. The maximum absolute atomic E-state index is 11.2. The molecule has 4 atom stereocenters. The van der Waals surface area contributed by atoms with Gasteiger partial charge in [-0.3, -0.25) is 4.90 Å². The first-order valence-corrected chi connectivity index (χ1v) is 8.11. The molecule has 0 aromatic heterocycles. The zero-order valence-electron chi connectivity index (χ0n) is 13.8. The smallest absolute Gasteiger partial charge is 0.109 e. The first-order chi connectivity index (χ1) is 9.84. The van der Waals surface area contributed by atoms with Crippen molar-refractivity contribution in [2.24, 2.45) is 5.92 Å². The summed E-state index contributed by atoms with van der Waals surface area (Å²) in [6.45, 7) is 8.72. The standard InChI is InChI=1S/C16H31NO4/c1-5-6-17(7-8-20-4)14-13(18)9-12-10-15(2,3)21-11-16(12,14)19/h12-14,18-19H,5-11H2,1-4H3/t12-,13-,14+,16+/m1/s1. The molecule has 2 N–H and O–H groups in total. The molecular formula is C16H31NO4. The SMILES string of the molecule is CCCN(CCOC)[C@H]1[C@H](O)C[C@@H]2CC(C)(C)OC[C@]21O. The van der Waals surface area contributed by atoms with Crippen molar-refractivity contribution < 1.29 is 19.7 Å². The summed E-state index contributed by atoms with van der Waals surface area (Å²) in [4.78, 5) is 2.18. The third-order valence-electron chi connectivity index (χ3n) is 5.03. The van der Waals surface area contributed by atoms with Gasteiger partial charge in [0.2, 0.25) is 0 Å². The number of aliphatic hydroxyl groups excluding tert-OH is 1. The van der Waals surface area contributed by atoms with Crippen LogP contribution in [0.15, 0.2) is 0 Å². The van der Waals surface area contributed by atoms with Crippen LogP contribution < -0.4 is 0 Å². The van der Waals surface area contributed by atoms with Gasteiger partial charge in [-0.1, -0.05) is 6.92 Å². The quantitative estimate of drug-likeness (QED) is 0.767. The van der Waals surface area contributed by atoms with E-state index in [-0.39, 0.29) is 17.6 Å². The van der Waals surface area contributed by atoms with Crippen molar-refractivity contribution in [2.75, 3.05) is 33.4 Å². The maximum Gasteiger partial charge on any atom is 0.109 e. The summed E-state index contributed by atoms with van der Waals surface area (Å²) in [7, 11) is 1.68. The third kappa shape index (κ3) is 3.42. The van der Waals surface area contributed by atoms with Crippen LogP contribution in [0.25, 0.3) is 0 Å². The van der Waals surface area contributed by atoms with Crippen LogP contribution in [-0.4, -0.2) is 71.9 Å². The van der Waals surface area contributed by atoms with Crippen LogP contribution in [-0.2, 0) is 9.47 Å². The maximum atomic E-state index is 11.2. The van der Waals surface area contributed by atoms with Gasteiger partial charge in [0.25, 0.3) is 0 Å². The lowest BCUT2D eigenvalue weighted by atomic mass is 9.78. The van der Waals surface area contributed by atoms with E-state index in [9.17, 15) is 10.2 Å². The van der Waals surface area contributed by atoms with Crippen LogP contribution in [0.4, 0.5) is 0 Å². The normalized spacial score (nSPS) is 38.7. The Kier molecular flexibility index (Phi) is 5.31. The lowest BCUT2D eigenvalue weighted by molar-refractivity contribution is -0.198. The van der Waals surface area contributed by atoms with Gasteiger partial charge in [0.05, 0.1) is 31.0 Å². The number of fused-ring (bicyclic) bond motifs is 1. The molecule has 2 aliphatic rings. The fourth-order valence-electron chi connectivity index (χ4n) is 4.07. The lowest BCUT2D eigenvalue weighted by Gasteiger charge is -2.48. The molecule has 124 valence electrons. The van der Waals surface area contributed by atoms with E-state index in [0.717, 1.165) is 25.9 Å². The Morgan fingerprint density at radius 3 is 2.67 bits per heavy atom. The highest BCUT2D eigenvalue weighted by Gasteiger charge is 2.59. The van der Waals surface area contributed by atoms with E-state index in [1.165, 1.54) is 0 Å². The number of ether oxygens (including phenoxy) is 2. The van der Waals surface area contributed by atoms with Gasteiger partial charge in [-0.15, -0.1) is 0 Å². The van der Waals surface area contributed by atoms with Gasteiger partial charge in [0, 0.05) is 13.7 Å². The zero-order valence-corrected chi connectivity index (χ0v) is 13.8. The monoisotopic (exact) mass is 301 g/mol. The van der Waals surface area contributed by atoms with Gasteiger partial charge >= 0.3 is 0 Å². The van der Waals surface area contributed by atoms with Gasteiger partial charge in [-0.2, -0.15) is 0 Å². The second-order valence-corrected chi connectivity index (χ2v) is 7.22. The molecule has 1 saturated carbocycles. The van der Waals surface area contributed by atoms with Crippen molar-refractivity contribution in [1.82, 2.24) is 4.90 Å². The molecule has 0 spiro atoms. The molecule has 5 nitrogen and oxygen atoms in total. The Morgan fingerprint density at radius 1 is 1.33 bits per heavy atom. The average molecular weight is 301 g/mol. The number of hydrogen-bond acceptors (Lipinski definition) is 5. The molecule has 21 heavy (non-hydrogen) atoms. The van der Waals surface area contributed by atoms with E-state index in [4.69, 9.17) is 9.47 Å². The van der Waals surface area contributed by atoms with Crippen LogP contribution in [0.2, 0.25) is 0 Å². The fraction of sp³-hybridized carbons (Fsp3) is 1.00. The van der Waals surface area contributed by atoms with Gasteiger partial charge in [0.1, 0.15) is 5.60 Å². The minimum atomic E-state index is -0.947. The first-order valence-electron chi connectivity index (χ1n) is 8.11. The minimum absolute atomic E-state index is 0.100. The molecule has 0 radical (unpaired) electrons. The predicted octanol–water partition coefficient (Wildman–Crippen LogP) is 1.02. The van der Waals surface area contributed by atoms with Crippen LogP contribution in [0.5, 0.6) is 0 Å². The molecule has 2 rings (SSSR count). The Labute approximate surface area is 128 Å². The Hall–Kier alpha value is -0.200. The van der Waals surface area contributed by atoms with Gasteiger partial charge in [-0.25, -0.2) is 0 Å². The fourth-order valence-corrected chi connectivity index (χ4v) is 4.07. The second-order valence-electron chi connectivity index (χ2n) is 7.22. The summed E-state index contributed by atoms with van der Waals surface area (Å²) in [6, 6.07) is -0.256. The first kappa shape index (κ1) is 17.2. The van der Waals surface area contributed by atoms with E-state index >= 15 is 0 Å². The highest BCUT2D eigenvalue weighted by atomic mass is 16.5. The molecule has 5 heteroatoms. The number of rotatable bonds is 6. The topological polar surface area (TPSA) is 62.2 Å². The average Bonchev–Trinajstić information content (AvgIpc) is 2.65. The predicted molar refractivity (Wildman–Crippen MR) is 81.2 cm³/mol. The van der Waals surface area contributed by atoms with Crippen LogP contribution in [0.3, 0.4) is 0 Å². The van der Waals surface area contributed by atoms with Crippen molar-refractivity contribution >= 4 is 0 Å². The van der Waals surface area contributed by atoms with Crippen LogP contribution in [0, 0.1) is 5.92 Å². The molecule has 1 aliphatic carbocycles. The van der Waals surface area contributed by atoms with E-state index in [2.05, 4.69) is 25.7 Å². The number of aliphatic hydroxyl groups is 2. The van der Waals surface area contributed by atoms with Crippen molar-refractivity contribution in [3.63, 3.8) is 0 Å². The van der Waals surface area contributed by atoms with Crippen molar-refractivity contribution in [1.29, 1.82) is 0 Å².